The number of hydrogen-bond donors (Lipinski definition) is 0. The SMILES string of the molecule is O=C(OC1CC1)N1CCC(c2noc(-c3cnc4cnn(C5COC5)c4c3)n2)CC1. The fraction of sp³-hybridized carbons (Fsp3) is 0.550. The first kappa shape index (κ1) is 17.8. The largest absolute Gasteiger partial charge is 0.446 e. The molecule has 1 saturated carbocycles. The van der Waals surface area contributed by atoms with E-state index in [-0.39, 0.29) is 24.2 Å². The van der Waals surface area contributed by atoms with Crippen molar-refractivity contribution in [3.05, 3.63) is 24.3 Å². The van der Waals surface area contributed by atoms with E-state index in [1.807, 2.05) is 10.7 Å². The van der Waals surface area contributed by atoms with Crippen LogP contribution in [0.2, 0.25) is 0 Å². The van der Waals surface area contributed by atoms with Gasteiger partial charge in [-0.25, -0.2) is 4.79 Å². The number of rotatable bonds is 4. The number of pyridine rings is 1. The van der Waals surface area contributed by atoms with Gasteiger partial charge in [-0.15, -0.1) is 0 Å². The van der Waals surface area contributed by atoms with Crippen molar-refractivity contribution < 1.29 is 18.8 Å². The molecule has 10 heteroatoms. The molecule has 5 heterocycles. The molecule has 0 spiro atoms. The van der Waals surface area contributed by atoms with Gasteiger partial charge in [-0.2, -0.15) is 10.1 Å². The summed E-state index contributed by atoms with van der Waals surface area (Å²) in [5.41, 5.74) is 2.53. The number of hydrogen-bond acceptors (Lipinski definition) is 8. The normalized spacial score (nSPS) is 20.5. The highest BCUT2D eigenvalue weighted by Gasteiger charge is 2.32. The van der Waals surface area contributed by atoms with Crippen LogP contribution in [0.4, 0.5) is 4.79 Å². The third-order valence-electron chi connectivity index (χ3n) is 6.01. The molecule has 3 aliphatic rings. The molecule has 0 unspecified atom stereocenters. The maximum atomic E-state index is 12.1. The lowest BCUT2D eigenvalue weighted by Crippen LogP contribution is -2.38. The number of ether oxygens (including phenoxy) is 2. The lowest BCUT2D eigenvalue weighted by Gasteiger charge is -2.29. The molecule has 10 nitrogen and oxygen atoms in total. The van der Waals surface area contributed by atoms with Crippen molar-refractivity contribution in [2.45, 2.75) is 43.7 Å². The number of carbonyl (C=O) groups excluding carboxylic acids is 1. The standard InChI is InChI=1S/C20H22N6O4/c27-20(29-15-1-2-15)25-5-3-12(4-6-25)18-23-19(30-24-18)13-7-17-16(21-8-13)9-22-26(17)14-10-28-11-14/h7-9,12,14-15H,1-6,10-11H2. The summed E-state index contributed by atoms with van der Waals surface area (Å²) in [7, 11) is 0. The lowest BCUT2D eigenvalue weighted by atomic mass is 9.96. The third kappa shape index (κ3) is 3.20. The Morgan fingerprint density at radius 2 is 1.97 bits per heavy atom. The topological polar surface area (TPSA) is 108 Å². The molecule has 1 amide bonds. The van der Waals surface area contributed by atoms with Gasteiger partial charge < -0.3 is 18.9 Å². The Labute approximate surface area is 172 Å². The zero-order valence-corrected chi connectivity index (χ0v) is 16.4. The Bertz CT molecular complexity index is 1080. The molecule has 3 aromatic rings. The van der Waals surface area contributed by atoms with E-state index in [4.69, 9.17) is 14.0 Å². The second-order valence-electron chi connectivity index (χ2n) is 8.21. The van der Waals surface area contributed by atoms with Crippen molar-refractivity contribution in [3.63, 3.8) is 0 Å². The van der Waals surface area contributed by atoms with Crippen LogP contribution in [-0.4, -0.2) is 68.3 Å². The summed E-state index contributed by atoms with van der Waals surface area (Å²) in [6, 6.07) is 2.23. The number of aromatic nitrogens is 5. The molecule has 156 valence electrons. The number of piperidine rings is 1. The van der Waals surface area contributed by atoms with Gasteiger partial charge in [0.1, 0.15) is 11.6 Å². The van der Waals surface area contributed by atoms with E-state index in [1.165, 1.54) is 0 Å². The van der Waals surface area contributed by atoms with E-state index >= 15 is 0 Å². The van der Waals surface area contributed by atoms with Crippen molar-refractivity contribution >= 4 is 17.1 Å². The maximum absolute atomic E-state index is 12.1. The van der Waals surface area contributed by atoms with Crippen molar-refractivity contribution in [1.82, 2.24) is 29.8 Å². The summed E-state index contributed by atoms with van der Waals surface area (Å²) < 4.78 is 18.2. The summed E-state index contributed by atoms with van der Waals surface area (Å²) >= 11 is 0. The lowest BCUT2D eigenvalue weighted by molar-refractivity contribution is -0.0266. The molecule has 0 radical (unpaired) electrons. The number of fused-ring (bicyclic) bond motifs is 1. The highest BCUT2D eigenvalue weighted by atomic mass is 16.6. The predicted molar refractivity (Wildman–Crippen MR) is 104 cm³/mol. The van der Waals surface area contributed by atoms with Gasteiger partial charge in [0.25, 0.3) is 5.89 Å². The summed E-state index contributed by atoms with van der Waals surface area (Å²) in [5.74, 6) is 1.30. The molecule has 1 aliphatic carbocycles. The molecule has 30 heavy (non-hydrogen) atoms. The smallest absolute Gasteiger partial charge is 0.410 e. The molecular weight excluding hydrogens is 388 g/mol. The summed E-state index contributed by atoms with van der Waals surface area (Å²) in [5, 5.41) is 8.64. The minimum absolute atomic E-state index is 0.133. The van der Waals surface area contributed by atoms with Crippen LogP contribution in [0.15, 0.2) is 23.0 Å². The van der Waals surface area contributed by atoms with E-state index in [2.05, 4.69) is 20.2 Å². The van der Waals surface area contributed by atoms with Crippen LogP contribution in [0.1, 0.15) is 43.5 Å². The number of nitrogens with zero attached hydrogens (tertiary/aromatic N) is 6. The minimum Gasteiger partial charge on any atom is -0.446 e. The fourth-order valence-electron chi connectivity index (χ4n) is 3.94. The molecule has 2 saturated heterocycles. The first-order valence-electron chi connectivity index (χ1n) is 10.4. The third-order valence-corrected chi connectivity index (χ3v) is 6.01. The van der Waals surface area contributed by atoms with Gasteiger partial charge in [-0.1, -0.05) is 5.16 Å². The average molecular weight is 410 g/mol. The van der Waals surface area contributed by atoms with Crippen LogP contribution in [0.5, 0.6) is 0 Å². The second kappa shape index (κ2) is 7.05. The van der Waals surface area contributed by atoms with Crippen molar-refractivity contribution in [2.75, 3.05) is 26.3 Å². The van der Waals surface area contributed by atoms with Crippen LogP contribution in [0.3, 0.4) is 0 Å². The van der Waals surface area contributed by atoms with Crippen molar-refractivity contribution in [2.24, 2.45) is 0 Å². The van der Waals surface area contributed by atoms with Crippen LogP contribution in [0, 0.1) is 0 Å². The molecule has 6 rings (SSSR count). The first-order valence-corrected chi connectivity index (χ1v) is 10.4. The molecule has 2 aliphatic heterocycles. The molecule has 3 aromatic heterocycles. The van der Waals surface area contributed by atoms with E-state index in [0.717, 1.165) is 42.3 Å². The summed E-state index contributed by atoms with van der Waals surface area (Å²) in [6.07, 6.45) is 7.01. The monoisotopic (exact) mass is 410 g/mol. The Morgan fingerprint density at radius 3 is 2.70 bits per heavy atom. The van der Waals surface area contributed by atoms with Gasteiger partial charge in [0, 0.05) is 25.2 Å². The number of likely N-dealkylation sites (tertiary alicyclic amines) is 1. The zero-order valence-electron chi connectivity index (χ0n) is 16.4. The van der Waals surface area contributed by atoms with Gasteiger partial charge in [0.15, 0.2) is 5.82 Å². The molecule has 0 bridgehead atoms. The fourth-order valence-corrected chi connectivity index (χ4v) is 3.94. The molecule has 0 atom stereocenters. The van der Waals surface area contributed by atoms with Crippen LogP contribution >= 0.6 is 0 Å². The van der Waals surface area contributed by atoms with E-state index in [9.17, 15) is 4.79 Å². The van der Waals surface area contributed by atoms with Gasteiger partial charge in [-0.3, -0.25) is 9.67 Å². The number of carbonyl (C=O) groups is 1. The van der Waals surface area contributed by atoms with Crippen LogP contribution < -0.4 is 0 Å². The van der Waals surface area contributed by atoms with Crippen LogP contribution in [-0.2, 0) is 9.47 Å². The van der Waals surface area contributed by atoms with E-state index < -0.39 is 0 Å². The Hall–Kier alpha value is -3.01. The Balaban J connectivity index is 1.16. The van der Waals surface area contributed by atoms with Gasteiger partial charge in [0.2, 0.25) is 0 Å². The first-order chi connectivity index (χ1) is 14.7. The zero-order chi connectivity index (χ0) is 20.1. The number of amides is 1. The quantitative estimate of drug-likeness (QED) is 0.646. The van der Waals surface area contributed by atoms with E-state index in [1.54, 1.807) is 17.3 Å². The van der Waals surface area contributed by atoms with Gasteiger partial charge in [-0.05, 0) is 31.7 Å². The van der Waals surface area contributed by atoms with E-state index in [0.29, 0.717) is 38.0 Å². The highest BCUT2D eigenvalue weighted by molar-refractivity contribution is 5.78. The molecule has 3 fully saturated rings. The van der Waals surface area contributed by atoms with Crippen molar-refractivity contribution in [3.8, 4) is 11.5 Å². The predicted octanol–water partition coefficient (Wildman–Crippen LogP) is 2.53. The highest BCUT2D eigenvalue weighted by Crippen LogP contribution is 2.31. The maximum Gasteiger partial charge on any atom is 0.410 e. The second-order valence-corrected chi connectivity index (χ2v) is 8.21. The molecule has 0 aromatic carbocycles. The molecule has 0 N–H and O–H groups in total. The average Bonchev–Trinajstić information content (AvgIpc) is 3.25. The van der Waals surface area contributed by atoms with Gasteiger partial charge >= 0.3 is 6.09 Å². The minimum atomic E-state index is -0.197. The van der Waals surface area contributed by atoms with Crippen molar-refractivity contribution in [1.29, 1.82) is 0 Å². The molecular formula is C20H22N6O4. The Kier molecular flexibility index (Phi) is 4.19. The summed E-state index contributed by atoms with van der Waals surface area (Å²) in [4.78, 5) is 23.0. The van der Waals surface area contributed by atoms with Gasteiger partial charge in [0.05, 0.1) is 36.5 Å². The van der Waals surface area contributed by atoms with Crippen LogP contribution in [0.25, 0.3) is 22.5 Å². The Morgan fingerprint density at radius 1 is 1.13 bits per heavy atom. The summed E-state index contributed by atoms with van der Waals surface area (Å²) in [6.45, 7) is 2.63.